The monoisotopic (exact) mass is 565 g/mol. The maximum absolute atomic E-state index is 12.1. The van der Waals surface area contributed by atoms with E-state index in [4.69, 9.17) is 9.84 Å². The predicted molar refractivity (Wildman–Crippen MR) is 167 cm³/mol. The Morgan fingerprint density at radius 3 is 1.85 bits per heavy atom. The van der Waals surface area contributed by atoms with Crippen LogP contribution in [0.3, 0.4) is 0 Å². The molecule has 8 heteroatoms. The first-order chi connectivity index (χ1) is 19.5. The lowest BCUT2D eigenvalue weighted by Crippen LogP contribution is -2.37. The van der Waals surface area contributed by atoms with Gasteiger partial charge in [0, 0.05) is 26.6 Å². The van der Waals surface area contributed by atoms with Crippen molar-refractivity contribution in [3.8, 4) is 0 Å². The highest BCUT2D eigenvalue weighted by molar-refractivity contribution is 5.73. The first-order valence-electron chi connectivity index (χ1n) is 16.3. The number of ether oxygens (including phenoxy) is 1. The van der Waals surface area contributed by atoms with Gasteiger partial charge in [0.05, 0.1) is 6.61 Å². The molecule has 0 aliphatic carbocycles. The number of hydrogen-bond donors (Lipinski definition) is 3. The number of carbonyl (C=O) groups excluding carboxylic acids is 1. The lowest BCUT2D eigenvalue weighted by Gasteiger charge is -2.23. The zero-order valence-corrected chi connectivity index (χ0v) is 25.7. The number of anilines is 2. The maximum Gasteiger partial charge on any atom is 0.305 e. The topological polar surface area (TPSA) is 108 Å². The zero-order chi connectivity index (χ0) is 29.3. The van der Waals surface area contributed by atoms with Gasteiger partial charge in [-0.15, -0.1) is 0 Å². The Labute approximate surface area is 243 Å². The molecule has 1 aromatic carbocycles. The van der Waals surface area contributed by atoms with Gasteiger partial charge in [-0.2, -0.15) is 0 Å². The van der Waals surface area contributed by atoms with Crippen molar-refractivity contribution >= 4 is 17.3 Å². The maximum atomic E-state index is 12.1. The minimum Gasteiger partial charge on any atom is -0.466 e. The Morgan fingerprint density at radius 1 is 0.700 bits per heavy atom. The lowest BCUT2D eigenvalue weighted by molar-refractivity contribution is -0.143. The second kappa shape index (κ2) is 24.8. The molecular weight excluding hydrogens is 506 g/mol. The van der Waals surface area contributed by atoms with Crippen molar-refractivity contribution in [2.75, 3.05) is 57.1 Å². The molecule has 1 rings (SSSR count). The lowest BCUT2D eigenvalue weighted by atomic mass is 10.1. The Hall–Kier alpha value is -1.93. The van der Waals surface area contributed by atoms with E-state index < -0.39 is 10.9 Å². The van der Waals surface area contributed by atoms with Crippen LogP contribution < -0.4 is 21.5 Å². The number of esters is 1. The van der Waals surface area contributed by atoms with E-state index in [-0.39, 0.29) is 12.6 Å². The molecule has 0 saturated heterocycles. The van der Waals surface area contributed by atoms with Crippen LogP contribution in [0.1, 0.15) is 129 Å². The fourth-order valence-corrected chi connectivity index (χ4v) is 5.08. The van der Waals surface area contributed by atoms with Crippen LogP contribution in [0, 0.1) is 0 Å². The van der Waals surface area contributed by atoms with Crippen LogP contribution in [-0.4, -0.2) is 62.4 Å². The number of nitrogens with one attached hydrogen (secondary N) is 2. The number of aliphatic hydroxyl groups excluding tert-OH is 1. The zero-order valence-electron chi connectivity index (χ0n) is 25.7. The molecule has 1 aromatic rings. The van der Waals surface area contributed by atoms with E-state index in [0.717, 1.165) is 90.3 Å². The smallest absolute Gasteiger partial charge is 0.305 e. The van der Waals surface area contributed by atoms with Crippen molar-refractivity contribution < 1.29 is 14.6 Å². The summed E-state index contributed by atoms with van der Waals surface area (Å²) in [5.74, 6) is -0.0651. The van der Waals surface area contributed by atoms with Crippen molar-refractivity contribution in [3.05, 3.63) is 20.4 Å². The van der Waals surface area contributed by atoms with Crippen LogP contribution in [0.2, 0.25) is 0 Å². The molecule has 0 unspecified atom stereocenters. The van der Waals surface area contributed by atoms with Crippen molar-refractivity contribution in [2.24, 2.45) is 0 Å². The summed E-state index contributed by atoms with van der Waals surface area (Å²) in [4.78, 5) is 37.8. The molecule has 0 atom stereocenters. The van der Waals surface area contributed by atoms with Crippen molar-refractivity contribution in [1.82, 2.24) is 4.90 Å². The van der Waals surface area contributed by atoms with Gasteiger partial charge in [-0.25, -0.2) is 0 Å². The predicted octanol–water partition coefficient (Wildman–Crippen LogP) is 6.01. The summed E-state index contributed by atoms with van der Waals surface area (Å²) in [6, 6.07) is 0. The molecule has 0 spiro atoms. The molecule has 0 radical (unpaired) electrons. The molecule has 0 saturated carbocycles. The van der Waals surface area contributed by atoms with Crippen LogP contribution in [0.5, 0.6) is 0 Å². The summed E-state index contributed by atoms with van der Waals surface area (Å²) in [6.07, 6.45) is 21.1. The first-order valence-corrected chi connectivity index (χ1v) is 16.3. The molecule has 40 heavy (non-hydrogen) atoms. The number of aliphatic hydroxyl groups is 1. The SMILES string of the molecule is CCCCCCCCCCCOC(=O)CCCCCN(CCCCCCCO)CCCNc1c(NC)c(=O)c1=O. The van der Waals surface area contributed by atoms with Crippen LogP contribution >= 0.6 is 0 Å². The Kier molecular flexibility index (Phi) is 22.4. The normalized spacial score (nSPS) is 11.4. The highest BCUT2D eigenvalue weighted by Gasteiger charge is 2.18. The Morgan fingerprint density at radius 2 is 1.23 bits per heavy atom. The standard InChI is InChI=1S/C32H59N3O5/c1-3-4-5-6-7-8-9-13-19-27-40-28(37)21-15-14-17-24-35(23-16-11-10-12-18-26-36)25-20-22-34-30-29(33-2)31(38)32(30)39/h33-34,36H,3-27H2,1-2H3. The number of unbranched alkanes of at least 4 members (excludes halogenated alkanes) is 14. The average molecular weight is 566 g/mol. The van der Waals surface area contributed by atoms with Gasteiger partial charge >= 0.3 is 5.97 Å². The average Bonchev–Trinajstić information content (AvgIpc) is 2.96. The number of nitrogens with zero attached hydrogens (tertiary/aromatic N) is 1. The fourth-order valence-electron chi connectivity index (χ4n) is 5.08. The highest BCUT2D eigenvalue weighted by atomic mass is 16.5. The molecule has 0 heterocycles. The summed E-state index contributed by atoms with van der Waals surface area (Å²) >= 11 is 0. The Bertz CT molecular complexity index is 822. The third-order valence-corrected chi connectivity index (χ3v) is 7.61. The van der Waals surface area contributed by atoms with Crippen molar-refractivity contribution in [2.45, 2.75) is 129 Å². The van der Waals surface area contributed by atoms with E-state index in [1.165, 1.54) is 44.9 Å². The molecule has 8 nitrogen and oxygen atoms in total. The fraction of sp³-hybridized carbons (Fsp3) is 0.844. The Balaban J connectivity index is 2.17. The van der Waals surface area contributed by atoms with E-state index in [0.29, 0.717) is 30.9 Å². The third-order valence-electron chi connectivity index (χ3n) is 7.61. The summed E-state index contributed by atoms with van der Waals surface area (Å²) in [5.41, 5.74) is -0.0833. The molecule has 3 N–H and O–H groups in total. The summed E-state index contributed by atoms with van der Waals surface area (Å²) in [6.45, 7) is 6.67. The number of hydrogen-bond acceptors (Lipinski definition) is 8. The summed E-state index contributed by atoms with van der Waals surface area (Å²) in [5, 5.41) is 14.9. The van der Waals surface area contributed by atoms with Gasteiger partial charge in [0.1, 0.15) is 11.4 Å². The van der Waals surface area contributed by atoms with E-state index in [2.05, 4.69) is 22.5 Å². The van der Waals surface area contributed by atoms with E-state index in [9.17, 15) is 14.4 Å². The highest BCUT2D eigenvalue weighted by Crippen LogP contribution is 2.14. The van der Waals surface area contributed by atoms with Gasteiger partial charge in [0.2, 0.25) is 0 Å². The van der Waals surface area contributed by atoms with Crippen LogP contribution in [-0.2, 0) is 9.53 Å². The van der Waals surface area contributed by atoms with E-state index in [1.54, 1.807) is 7.05 Å². The minimum absolute atomic E-state index is 0.0651. The summed E-state index contributed by atoms with van der Waals surface area (Å²) < 4.78 is 5.43. The van der Waals surface area contributed by atoms with E-state index >= 15 is 0 Å². The van der Waals surface area contributed by atoms with Gasteiger partial charge in [0.25, 0.3) is 10.9 Å². The van der Waals surface area contributed by atoms with Crippen LogP contribution in [0.4, 0.5) is 11.4 Å². The first kappa shape index (κ1) is 36.1. The van der Waals surface area contributed by atoms with Crippen molar-refractivity contribution in [1.29, 1.82) is 0 Å². The van der Waals surface area contributed by atoms with Gasteiger partial charge in [-0.3, -0.25) is 14.4 Å². The molecule has 0 amide bonds. The molecule has 0 fully saturated rings. The molecule has 0 aliphatic rings. The largest absolute Gasteiger partial charge is 0.466 e. The number of rotatable bonds is 29. The van der Waals surface area contributed by atoms with Crippen LogP contribution in [0.25, 0.3) is 0 Å². The minimum atomic E-state index is -0.444. The molecular formula is C32H59N3O5. The van der Waals surface area contributed by atoms with E-state index in [1.807, 2.05) is 0 Å². The van der Waals surface area contributed by atoms with Gasteiger partial charge < -0.3 is 25.4 Å². The van der Waals surface area contributed by atoms with Gasteiger partial charge in [0.15, 0.2) is 0 Å². The van der Waals surface area contributed by atoms with Crippen molar-refractivity contribution in [3.63, 3.8) is 0 Å². The second-order valence-corrected chi connectivity index (χ2v) is 11.1. The second-order valence-electron chi connectivity index (χ2n) is 11.1. The van der Waals surface area contributed by atoms with Gasteiger partial charge in [-0.1, -0.05) is 84.0 Å². The third kappa shape index (κ3) is 17.0. The number of carbonyl (C=O) groups is 1. The van der Waals surface area contributed by atoms with Gasteiger partial charge in [-0.05, 0) is 58.2 Å². The summed E-state index contributed by atoms with van der Waals surface area (Å²) in [7, 11) is 1.65. The molecule has 0 bridgehead atoms. The molecule has 0 aromatic heterocycles. The quantitative estimate of drug-likeness (QED) is 0.0616. The molecule has 0 aliphatic heterocycles. The van der Waals surface area contributed by atoms with Crippen LogP contribution in [0.15, 0.2) is 9.59 Å². The molecule has 232 valence electrons.